The number of nitrogens with zero attached hydrogens (tertiary/aromatic N) is 1. The minimum atomic E-state index is 0.586. The number of anilines is 1. The van der Waals surface area contributed by atoms with E-state index < -0.39 is 0 Å². The highest BCUT2D eigenvalue weighted by Crippen LogP contribution is 2.39. The van der Waals surface area contributed by atoms with Crippen molar-refractivity contribution in [2.45, 2.75) is 22.3 Å². The first-order chi connectivity index (χ1) is 7.76. The number of hydrogen-bond donors (Lipinski definition) is 1. The number of nitrogens with two attached hydrogens (primary N) is 1. The van der Waals surface area contributed by atoms with E-state index in [1.165, 1.54) is 15.5 Å². The van der Waals surface area contributed by atoms with Crippen LogP contribution in [0.2, 0.25) is 0 Å². The molecule has 4 heteroatoms. The SMILES string of the molecule is CSc1ccc2c(c1)SCC(CCN)N2C. The molecule has 1 aromatic rings. The summed E-state index contributed by atoms with van der Waals surface area (Å²) < 4.78 is 0. The van der Waals surface area contributed by atoms with Gasteiger partial charge in [0.15, 0.2) is 0 Å². The lowest BCUT2D eigenvalue weighted by Crippen LogP contribution is -2.38. The molecule has 0 amide bonds. The van der Waals surface area contributed by atoms with Crippen LogP contribution in [-0.2, 0) is 0 Å². The Hall–Kier alpha value is -0.320. The number of fused-ring (bicyclic) bond motifs is 1. The largest absolute Gasteiger partial charge is 0.370 e. The van der Waals surface area contributed by atoms with Crippen molar-refractivity contribution in [2.75, 3.05) is 30.5 Å². The van der Waals surface area contributed by atoms with Gasteiger partial charge in [0.25, 0.3) is 0 Å². The Morgan fingerprint density at radius 3 is 3.06 bits per heavy atom. The van der Waals surface area contributed by atoms with Crippen LogP contribution in [0.5, 0.6) is 0 Å². The summed E-state index contributed by atoms with van der Waals surface area (Å²) >= 11 is 3.76. The molecular formula is C12H18N2S2. The average Bonchev–Trinajstić information content (AvgIpc) is 2.32. The Labute approximate surface area is 106 Å². The molecule has 1 unspecified atom stereocenters. The van der Waals surface area contributed by atoms with E-state index in [0.717, 1.165) is 18.7 Å². The Morgan fingerprint density at radius 1 is 1.56 bits per heavy atom. The summed E-state index contributed by atoms with van der Waals surface area (Å²) in [5.41, 5.74) is 7.00. The third kappa shape index (κ3) is 2.34. The molecular weight excluding hydrogens is 236 g/mol. The van der Waals surface area contributed by atoms with Crippen LogP contribution in [0.4, 0.5) is 5.69 Å². The van der Waals surface area contributed by atoms with E-state index in [1.807, 2.05) is 11.8 Å². The molecule has 88 valence electrons. The molecule has 0 fully saturated rings. The predicted molar refractivity (Wildman–Crippen MR) is 74.8 cm³/mol. The van der Waals surface area contributed by atoms with Gasteiger partial charge in [0.05, 0.1) is 5.69 Å². The molecule has 1 heterocycles. The molecule has 1 aliphatic rings. The minimum Gasteiger partial charge on any atom is -0.370 e. The van der Waals surface area contributed by atoms with E-state index in [0.29, 0.717) is 6.04 Å². The van der Waals surface area contributed by atoms with Gasteiger partial charge < -0.3 is 10.6 Å². The number of hydrogen-bond acceptors (Lipinski definition) is 4. The summed E-state index contributed by atoms with van der Waals surface area (Å²) in [6, 6.07) is 7.31. The van der Waals surface area contributed by atoms with Gasteiger partial charge in [0.1, 0.15) is 0 Å². The molecule has 1 atom stereocenters. The summed E-state index contributed by atoms with van der Waals surface area (Å²) in [6.07, 6.45) is 3.20. The first-order valence-corrected chi connectivity index (χ1v) is 7.71. The maximum absolute atomic E-state index is 5.65. The van der Waals surface area contributed by atoms with Crippen LogP contribution in [0.25, 0.3) is 0 Å². The van der Waals surface area contributed by atoms with E-state index in [4.69, 9.17) is 5.73 Å². The maximum atomic E-state index is 5.65. The maximum Gasteiger partial charge on any atom is 0.0505 e. The highest BCUT2D eigenvalue weighted by molar-refractivity contribution is 8.00. The molecule has 0 radical (unpaired) electrons. The molecule has 2 nitrogen and oxygen atoms in total. The Morgan fingerprint density at radius 2 is 2.38 bits per heavy atom. The Balaban J connectivity index is 2.24. The zero-order chi connectivity index (χ0) is 11.5. The fraction of sp³-hybridized carbons (Fsp3) is 0.500. The van der Waals surface area contributed by atoms with E-state index in [9.17, 15) is 0 Å². The van der Waals surface area contributed by atoms with E-state index >= 15 is 0 Å². The summed E-state index contributed by atoms with van der Waals surface area (Å²) in [5, 5.41) is 0. The molecule has 16 heavy (non-hydrogen) atoms. The molecule has 2 N–H and O–H groups in total. The molecule has 1 aromatic carbocycles. The van der Waals surface area contributed by atoms with Crippen LogP contribution in [-0.4, -0.2) is 31.6 Å². The van der Waals surface area contributed by atoms with Crippen LogP contribution in [0.1, 0.15) is 6.42 Å². The monoisotopic (exact) mass is 254 g/mol. The third-order valence-corrected chi connectivity index (χ3v) is 4.94. The van der Waals surface area contributed by atoms with Gasteiger partial charge >= 0.3 is 0 Å². The second-order valence-corrected chi connectivity index (χ2v) is 5.93. The fourth-order valence-corrected chi connectivity index (χ4v) is 3.84. The van der Waals surface area contributed by atoms with E-state index in [2.05, 4.69) is 36.4 Å². The van der Waals surface area contributed by atoms with Crippen LogP contribution < -0.4 is 10.6 Å². The van der Waals surface area contributed by atoms with Crippen LogP contribution >= 0.6 is 23.5 Å². The van der Waals surface area contributed by atoms with Gasteiger partial charge in [-0.05, 0) is 37.4 Å². The predicted octanol–water partition coefficient (Wildman–Crippen LogP) is 2.67. The average molecular weight is 254 g/mol. The number of rotatable bonds is 3. The van der Waals surface area contributed by atoms with Crippen molar-refractivity contribution in [3.8, 4) is 0 Å². The highest BCUT2D eigenvalue weighted by atomic mass is 32.2. The van der Waals surface area contributed by atoms with Gasteiger partial charge in [-0.1, -0.05) is 0 Å². The fourth-order valence-electron chi connectivity index (χ4n) is 1.99. The van der Waals surface area contributed by atoms with Gasteiger partial charge in [-0.15, -0.1) is 23.5 Å². The summed E-state index contributed by atoms with van der Waals surface area (Å²) in [4.78, 5) is 5.13. The van der Waals surface area contributed by atoms with E-state index in [-0.39, 0.29) is 0 Å². The molecule has 0 saturated carbocycles. The van der Waals surface area contributed by atoms with Crippen molar-refractivity contribution in [2.24, 2.45) is 5.73 Å². The molecule has 0 saturated heterocycles. The molecule has 2 rings (SSSR count). The molecule has 0 aliphatic carbocycles. The van der Waals surface area contributed by atoms with Gasteiger partial charge in [-0.2, -0.15) is 0 Å². The minimum absolute atomic E-state index is 0.586. The molecule has 0 spiro atoms. The normalized spacial score (nSPS) is 19.7. The summed E-state index contributed by atoms with van der Waals surface area (Å²) in [6.45, 7) is 0.772. The van der Waals surface area contributed by atoms with Crippen molar-refractivity contribution in [3.63, 3.8) is 0 Å². The van der Waals surface area contributed by atoms with Gasteiger partial charge in [-0.25, -0.2) is 0 Å². The van der Waals surface area contributed by atoms with Crippen molar-refractivity contribution >= 4 is 29.2 Å². The second-order valence-electron chi connectivity index (χ2n) is 3.99. The standard InChI is InChI=1S/C12H18N2S2/c1-14-9(5-6-13)8-16-12-7-10(15-2)3-4-11(12)14/h3-4,7,9H,5-6,8,13H2,1-2H3. The van der Waals surface area contributed by atoms with Crippen LogP contribution in [0.3, 0.4) is 0 Å². The second kappa shape index (κ2) is 5.34. The first kappa shape index (κ1) is 12.1. The van der Waals surface area contributed by atoms with Gasteiger partial charge in [0, 0.05) is 28.6 Å². The van der Waals surface area contributed by atoms with Crippen molar-refractivity contribution in [1.29, 1.82) is 0 Å². The zero-order valence-electron chi connectivity index (χ0n) is 9.77. The van der Waals surface area contributed by atoms with Crippen LogP contribution in [0, 0.1) is 0 Å². The topological polar surface area (TPSA) is 29.3 Å². The van der Waals surface area contributed by atoms with Crippen molar-refractivity contribution in [3.05, 3.63) is 18.2 Å². The Bertz CT molecular complexity index is 368. The van der Waals surface area contributed by atoms with E-state index in [1.54, 1.807) is 11.8 Å². The summed E-state index contributed by atoms with van der Waals surface area (Å²) in [7, 11) is 2.18. The Kier molecular flexibility index (Phi) is 4.05. The third-order valence-electron chi connectivity index (χ3n) is 3.03. The lowest BCUT2D eigenvalue weighted by atomic mass is 10.1. The summed E-state index contributed by atoms with van der Waals surface area (Å²) in [5.74, 6) is 1.15. The molecule has 1 aliphatic heterocycles. The van der Waals surface area contributed by atoms with Crippen molar-refractivity contribution in [1.82, 2.24) is 0 Å². The quantitative estimate of drug-likeness (QED) is 0.840. The van der Waals surface area contributed by atoms with Gasteiger partial charge in [-0.3, -0.25) is 0 Å². The number of benzene rings is 1. The lowest BCUT2D eigenvalue weighted by Gasteiger charge is -2.35. The lowest BCUT2D eigenvalue weighted by molar-refractivity contribution is 0.633. The molecule has 0 aromatic heterocycles. The van der Waals surface area contributed by atoms with Crippen LogP contribution in [0.15, 0.2) is 28.0 Å². The first-order valence-electron chi connectivity index (χ1n) is 5.50. The highest BCUT2D eigenvalue weighted by Gasteiger charge is 2.23. The smallest absolute Gasteiger partial charge is 0.0505 e. The van der Waals surface area contributed by atoms with Gasteiger partial charge in [0.2, 0.25) is 0 Å². The van der Waals surface area contributed by atoms with Crippen molar-refractivity contribution < 1.29 is 0 Å². The zero-order valence-corrected chi connectivity index (χ0v) is 11.4. The molecule has 0 bridgehead atoms. The number of thioether (sulfide) groups is 2.